The standard InChI is InChI=1S/C37H47Cl2N5O6S/c1-5-37(6-2,27-11-12-28(45)42-27)14-16-43-17-19-44(20-18-43)30(46)22-26-33(36(48)50-4)34(31-23(38)8-7-9-24(31)39)32(35(47)49-3)25(41-26)10-13-29-40-15-21-51-29/h7-9,15,21,27,32,34H,5-6,10-14,16-20,22H2,1-4H3,(H,42,45). The molecule has 5 rings (SSSR count). The van der Waals surface area contributed by atoms with Crippen molar-refractivity contribution >= 4 is 64.0 Å². The van der Waals surface area contributed by atoms with Crippen molar-refractivity contribution in [1.82, 2.24) is 20.1 Å². The molecule has 1 N–H and O–H groups in total. The number of nitrogens with one attached hydrogen (secondary N) is 1. The van der Waals surface area contributed by atoms with E-state index in [1.807, 2.05) is 5.38 Å². The zero-order valence-corrected chi connectivity index (χ0v) is 32.0. The number of amides is 2. The normalized spacial score (nSPS) is 21.4. The maximum Gasteiger partial charge on any atom is 0.336 e. The molecule has 3 aliphatic rings. The Morgan fingerprint density at radius 2 is 1.75 bits per heavy atom. The summed E-state index contributed by atoms with van der Waals surface area (Å²) < 4.78 is 10.5. The fourth-order valence-electron chi connectivity index (χ4n) is 7.87. The lowest BCUT2D eigenvalue weighted by atomic mass is 9.72. The van der Waals surface area contributed by atoms with Gasteiger partial charge in [0.1, 0.15) is 5.92 Å². The fourth-order valence-corrected chi connectivity index (χ4v) is 9.13. The van der Waals surface area contributed by atoms with Crippen LogP contribution >= 0.6 is 34.5 Å². The molecular formula is C37H47Cl2N5O6S. The summed E-state index contributed by atoms with van der Waals surface area (Å²) in [5, 5.41) is 6.46. The first kappa shape index (κ1) is 38.9. The number of aromatic nitrogens is 1. The van der Waals surface area contributed by atoms with Gasteiger partial charge in [-0.2, -0.15) is 0 Å². The summed E-state index contributed by atoms with van der Waals surface area (Å²) in [5.41, 5.74) is 1.15. The molecule has 51 heavy (non-hydrogen) atoms. The number of ether oxygens (including phenoxy) is 2. The van der Waals surface area contributed by atoms with Gasteiger partial charge in [-0.25, -0.2) is 9.78 Å². The van der Waals surface area contributed by atoms with E-state index in [9.17, 15) is 19.2 Å². The number of rotatable bonds is 14. The number of aliphatic imine (C=N–C) groups is 1. The van der Waals surface area contributed by atoms with Gasteiger partial charge in [-0.05, 0) is 61.8 Å². The molecule has 2 fully saturated rings. The van der Waals surface area contributed by atoms with Gasteiger partial charge in [0.2, 0.25) is 11.8 Å². The largest absolute Gasteiger partial charge is 0.468 e. The van der Waals surface area contributed by atoms with Gasteiger partial charge in [0.25, 0.3) is 0 Å². The van der Waals surface area contributed by atoms with E-state index in [-0.39, 0.29) is 51.0 Å². The predicted molar refractivity (Wildman–Crippen MR) is 198 cm³/mol. The lowest BCUT2D eigenvalue weighted by Gasteiger charge is -2.41. The van der Waals surface area contributed by atoms with E-state index in [0.29, 0.717) is 56.7 Å². The van der Waals surface area contributed by atoms with E-state index >= 15 is 0 Å². The third kappa shape index (κ3) is 8.67. The predicted octanol–water partition coefficient (Wildman–Crippen LogP) is 5.85. The monoisotopic (exact) mass is 759 g/mol. The van der Waals surface area contributed by atoms with Gasteiger partial charge < -0.3 is 19.7 Å². The van der Waals surface area contributed by atoms with Gasteiger partial charge in [-0.3, -0.25) is 24.3 Å². The van der Waals surface area contributed by atoms with Crippen molar-refractivity contribution in [2.45, 2.75) is 77.2 Å². The second-order valence-electron chi connectivity index (χ2n) is 13.4. The molecule has 1 aromatic heterocycles. The Morgan fingerprint density at radius 3 is 2.31 bits per heavy atom. The summed E-state index contributed by atoms with van der Waals surface area (Å²) in [5.74, 6) is -3.42. The van der Waals surface area contributed by atoms with E-state index in [1.54, 1.807) is 29.3 Å². The smallest absolute Gasteiger partial charge is 0.336 e. The van der Waals surface area contributed by atoms with Crippen LogP contribution in [0.3, 0.4) is 0 Å². The summed E-state index contributed by atoms with van der Waals surface area (Å²) in [6.45, 7) is 7.76. The van der Waals surface area contributed by atoms with Crippen LogP contribution in [0.5, 0.6) is 0 Å². The SMILES string of the molecule is CCC(CC)(CCN1CCN(C(=O)CC2=C(C(=O)OC)C(c3c(Cl)cccc3Cl)C(C(=O)OC)C(CCc3nccs3)=N2)CC1)C1CCC(=O)N1. The molecular weight excluding hydrogens is 713 g/mol. The third-order valence-corrected chi connectivity index (χ3v) is 12.5. The van der Waals surface area contributed by atoms with Crippen LogP contribution < -0.4 is 5.32 Å². The molecule has 2 saturated heterocycles. The topological polar surface area (TPSA) is 131 Å². The maximum absolute atomic E-state index is 14.0. The molecule has 0 bridgehead atoms. The summed E-state index contributed by atoms with van der Waals surface area (Å²) in [7, 11) is 2.53. The first-order chi connectivity index (χ1) is 24.5. The van der Waals surface area contributed by atoms with E-state index in [2.05, 4.69) is 29.0 Å². The van der Waals surface area contributed by atoms with Crippen molar-refractivity contribution in [2.24, 2.45) is 16.3 Å². The second kappa shape index (κ2) is 17.5. The first-order valence-electron chi connectivity index (χ1n) is 17.6. The number of hydrogen-bond acceptors (Lipinski definition) is 10. The van der Waals surface area contributed by atoms with Crippen LogP contribution in [0.15, 0.2) is 46.0 Å². The molecule has 2 aromatic rings. The zero-order valence-electron chi connectivity index (χ0n) is 29.7. The molecule has 0 aliphatic carbocycles. The Morgan fingerprint density at radius 1 is 1.04 bits per heavy atom. The molecule has 11 nitrogen and oxygen atoms in total. The van der Waals surface area contributed by atoms with Crippen molar-refractivity contribution in [1.29, 1.82) is 0 Å². The molecule has 4 heterocycles. The molecule has 3 aliphatic heterocycles. The molecule has 2 amide bonds. The Hall–Kier alpha value is -3.32. The molecule has 1 aromatic carbocycles. The number of methoxy groups -OCH3 is 2. The number of carbonyl (C=O) groups excluding carboxylic acids is 4. The Labute approximate surface area is 313 Å². The lowest BCUT2D eigenvalue weighted by molar-refractivity contribution is -0.143. The van der Waals surface area contributed by atoms with E-state index in [1.165, 1.54) is 25.6 Å². The number of esters is 2. The summed E-state index contributed by atoms with van der Waals surface area (Å²) in [4.78, 5) is 66.7. The zero-order chi connectivity index (χ0) is 36.7. The number of thiazole rings is 1. The van der Waals surface area contributed by atoms with Crippen LogP contribution in [0.25, 0.3) is 0 Å². The van der Waals surface area contributed by atoms with E-state index in [4.69, 9.17) is 37.7 Å². The molecule has 14 heteroatoms. The highest BCUT2D eigenvalue weighted by molar-refractivity contribution is 7.09. The van der Waals surface area contributed by atoms with Crippen molar-refractivity contribution in [3.8, 4) is 0 Å². The lowest BCUT2D eigenvalue weighted by Crippen LogP contribution is -2.50. The highest BCUT2D eigenvalue weighted by Crippen LogP contribution is 2.47. The van der Waals surface area contributed by atoms with Crippen LogP contribution in [-0.2, 0) is 35.1 Å². The Balaban J connectivity index is 1.40. The Kier molecular flexibility index (Phi) is 13.3. The number of piperazine rings is 1. The second-order valence-corrected chi connectivity index (χ2v) is 15.2. The van der Waals surface area contributed by atoms with Crippen LogP contribution in [0.2, 0.25) is 10.0 Å². The number of benzene rings is 1. The number of carbonyl (C=O) groups is 4. The third-order valence-electron chi connectivity index (χ3n) is 11.0. The van der Waals surface area contributed by atoms with Crippen LogP contribution in [0, 0.1) is 11.3 Å². The number of halogens is 2. The average molecular weight is 761 g/mol. The fraction of sp³-hybridized carbons (Fsp3) is 0.568. The average Bonchev–Trinajstić information content (AvgIpc) is 3.83. The van der Waals surface area contributed by atoms with E-state index < -0.39 is 23.8 Å². The van der Waals surface area contributed by atoms with Crippen LogP contribution in [-0.4, -0.2) is 97.2 Å². The molecule has 0 saturated carbocycles. The molecule has 0 radical (unpaired) electrons. The van der Waals surface area contributed by atoms with E-state index in [0.717, 1.165) is 37.2 Å². The molecule has 276 valence electrons. The number of aryl methyl sites for hydroxylation is 1. The van der Waals surface area contributed by atoms with Crippen LogP contribution in [0.4, 0.5) is 0 Å². The number of hydrogen-bond donors (Lipinski definition) is 1. The minimum absolute atomic E-state index is 0.0509. The van der Waals surface area contributed by atoms with Crippen molar-refractivity contribution < 1.29 is 28.7 Å². The summed E-state index contributed by atoms with van der Waals surface area (Å²) in [6.07, 6.45) is 6.80. The number of nitrogens with zero attached hydrogens (tertiary/aromatic N) is 4. The van der Waals surface area contributed by atoms with Gasteiger partial charge in [0.05, 0.1) is 36.9 Å². The summed E-state index contributed by atoms with van der Waals surface area (Å²) >= 11 is 15.0. The molecule has 3 atom stereocenters. The first-order valence-corrected chi connectivity index (χ1v) is 19.3. The maximum atomic E-state index is 14.0. The highest BCUT2D eigenvalue weighted by Gasteiger charge is 2.46. The van der Waals surface area contributed by atoms with Crippen molar-refractivity contribution in [2.75, 3.05) is 46.9 Å². The Bertz CT molecular complexity index is 1630. The van der Waals surface area contributed by atoms with Crippen molar-refractivity contribution in [3.05, 3.63) is 61.7 Å². The van der Waals surface area contributed by atoms with Crippen LogP contribution in [0.1, 0.15) is 75.3 Å². The quantitative estimate of drug-likeness (QED) is 0.238. The van der Waals surface area contributed by atoms with Crippen molar-refractivity contribution in [3.63, 3.8) is 0 Å². The van der Waals surface area contributed by atoms with Gasteiger partial charge in [0, 0.05) is 78.3 Å². The van der Waals surface area contributed by atoms with Gasteiger partial charge >= 0.3 is 11.9 Å². The van der Waals surface area contributed by atoms with Gasteiger partial charge in [0.15, 0.2) is 0 Å². The van der Waals surface area contributed by atoms with Gasteiger partial charge in [-0.15, -0.1) is 11.3 Å². The summed E-state index contributed by atoms with van der Waals surface area (Å²) in [6, 6.07) is 5.17. The highest BCUT2D eigenvalue weighted by atomic mass is 35.5. The minimum Gasteiger partial charge on any atom is -0.468 e. The minimum atomic E-state index is -1.04. The molecule has 3 unspecified atom stereocenters. The van der Waals surface area contributed by atoms with Gasteiger partial charge in [-0.1, -0.05) is 43.1 Å². The molecule has 0 spiro atoms.